The molecule has 0 bridgehead atoms. The Bertz CT molecular complexity index is 666. The van der Waals surface area contributed by atoms with Crippen LogP contribution in [-0.4, -0.2) is 16.1 Å². The Balaban J connectivity index is 1.81. The molecule has 1 atom stereocenters. The molecule has 1 saturated carbocycles. The third-order valence-corrected chi connectivity index (χ3v) is 6.24. The third-order valence-electron chi connectivity index (χ3n) is 4.65. The molecule has 1 aromatic heterocycles. The fraction of sp³-hybridized carbons (Fsp3) is 0.421. The number of anilines is 1. The van der Waals surface area contributed by atoms with Crippen molar-refractivity contribution in [3.8, 4) is 0 Å². The minimum absolute atomic E-state index is 0.285. The van der Waals surface area contributed by atoms with Crippen molar-refractivity contribution in [2.45, 2.75) is 51.1 Å². The van der Waals surface area contributed by atoms with Gasteiger partial charge in [0.1, 0.15) is 0 Å². The second-order valence-corrected chi connectivity index (χ2v) is 8.13. The normalized spacial score (nSPS) is 16.6. The molecule has 0 aliphatic heterocycles. The Morgan fingerprint density at radius 2 is 2.04 bits per heavy atom. The van der Waals surface area contributed by atoms with E-state index in [2.05, 4.69) is 34.7 Å². The lowest BCUT2D eigenvalue weighted by atomic mass is 9.93. The molecular formula is C19H23ClN2S2. The zero-order chi connectivity index (χ0) is 16.9. The number of benzene rings is 1. The molecule has 0 radical (unpaired) electrons. The van der Waals surface area contributed by atoms with Crippen LogP contribution in [0.4, 0.5) is 5.69 Å². The van der Waals surface area contributed by atoms with Crippen molar-refractivity contribution in [2.24, 2.45) is 0 Å². The minimum atomic E-state index is 0.285. The Morgan fingerprint density at radius 3 is 2.71 bits per heavy atom. The van der Waals surface area contributed by atoms with Gasteiger partial charge in [0.15, 0.2) is 5.11 Å². The van der Waals surface area contributed by atoms with Crippen LogP contribution in [0.2, 0.25) is 5.02 Å². The van der Waals surface area contributed by atoms with Gasteiger partial charge in [-0.1, -0.05) is 43.0 Å². The van der Waals surface area contributed by atoms with Gasteiger partial charge in [0.25, 0.3) is 0 Å². The second-order valence-electron chi connectivity index (χ2n) is 6.33. The van der Waals surface area contributed by atoms with E-state index in [0.29, 0.717) is 6.04 Å². The van der Waals surface area contributed by atoms with E-state index in [-0.39, 0.29) is 6.04 Å². The number of thiocarbonyl (C=S) groups is 1. The van der Waals surface area contributed by atoms with Crippen molar-refractivity contribution in [1.29, 1.82) is 0 Å². The lowest BCUT2D eigenvalue weighted by Crippen LogP contribution is -2.45. The van der Waals surface area contributed by atoms with E-state index >= 15 is 0 Å². The van der Waals surface area contributed by atoms with Crippen LogP contribution < -0.4 is 5.32 Å². The molecule has 24 heavy (non-hydrogen) atoms. The number of rotatable bonds is 4. The van der Waals surface area contributed by atoms with Crippen LogP contribution in [0.15, 0.2) is 41.8 Å². The van der Waals surface area contributed by atoms with Gasteiger partial charge >= 0.3 is 0 Å². The number of halogens is 1. The Hall–Kier alpha value is -1.10. The lowest BCUT2D eigenvalue weighted by Gasteiger charge is -2.40. The minimum Gasteiger partial charge on any atom is -0.338 e. The topological polar surface area (TPSA) is 15.3 Å². The van der Waals surface area contributed by atoms with Gasteiger partial charge in [-0.15, -0.1) is 11.3 Å². The molecular weight excluding hydrogens is 356 g/mol. The van der Waals surface area contributed by atoms with E-state index < -0.39 is 0 Å². The Kier molecular flexibility index (Phi) is 6.14. The monoisotopic (exact) mass is 378 g/mol. The van der Waals surface area contributed by atoms with Crippen molar-refractivity contribution in [2.75, 3.05) is 5.32 Å². The summed E-state index contributed by atoms with van der Waals surface area (Å²) in [5.74, 6) is 0. The van der Waals surface area contributed by atoms with E-state index in [1.54, 1.807) is 11.3 Å². The molecule has 1 aliphatic carbocycles. The first-order chi connectivity index (χ1) is 11.6. The molecule has 1 heterocycles. The SMILES string of the molecule is C[C@H](c1cccs1)N(C(=S)Nc1cccc(Cl)c1)C1CCCCC1. The second kappa shape index (κ2) is 8.32. The highest BCUT2D eigenvalue weighted by Gasteiger charge is 2.28. The Labute approximate surface area is 158 Å². The largest absolute Gasteiger partial charge is 0.338 e. The fourth-order valence-corrected chi connectivity index (χ4v) is 4.83. The predicted octanol–water partition coefficient (Wildman–Crippen LogP) is 6.49. The predicted molar refractivity (Wildman–Crippen MR) is 109 cm³/mol. The van der Waals surface area contributed by atoms with Gasteiger partial charge < -0.3 is 10.2 Å². The Morgan fingerprint density at radius 1 is 1.25 bits per heavy atom. The first-order valence-electron chi connectivity index (χ1n) is 8.53. The third kappa shape index (κ3) is 4.29. The van der Waals surface area contributed by atoms with Gasteiger partial charge in [0.05, 0.1) is 6.04 Å². The lowest BCUT2D eigenvalue weighted by molar-refractivity contribution is 0.205. The van der Waals surface area contributed by atoms with E-state index in [9.17, 15) is 0 Å². The molecule has 0 saturated heterocycles. The number of hydrogen-bond acceptors (Lipinski definition) is 2. The first-order valence-corrected chi connectivity index (χ1v) is 10.2. The molecule has 0 unspecified atom stereocenters. The van der Waals surface area contributed by atoms with Gasteiger partial charge in [-0.25, -0.2) is 0 Å². The van der Waals surface area contributed by atoms with Crippen LogP contribution in [-0.2, 0) is 0 Å². The zero-order valence-corrected chi connectivity index (χ0v) is 16.3. The van der Waals surface area contributed by atoms with Crippen LogP contribution in [0.3, 0.4) is 0 Å². The smallest absolute Gasteiger partial charge is 0.174 e. The van der Waals surface area contributed by atoms with Crippen LogP contribution in [0.25, 0.3) is 0 Å². The molecule has 1 aromatic carbocycles. The van der Waals surface area contributed by atoms with E-state index in [0.717, 1.165) is 15.8 Å². The molecule has 1 aliphatic rings. The molecule has 0 spiro atoms. The zero-order valence-electron chi connectivity index (χ0n) is 13.9. The highest BCUT2D eigenvalue weighted by atomic mass is 35.5. The fourth-order valence-electron chi connectivity index (χ4n) is 3.44. The van der Waals surface area contributed by atoms with Crippen molar-refractivity contribution in [1.82, 2.24) is 4.90 Å². The standard InChI is InChI=1S/C19H23ClN2S2/c1-14(18-11-6-12-24-18)22(17-9-3-2-4-10-17)19(23)21-16-8-5-7-15(20)13-16/h5-8,11-14,17H,2-4,9-10H2,1H3,(H,21,23)/t14-/m1/s1. The summed E-state index contributed by atoms with van der Waals surface area (Å²) in [7, 11) is 0. The molecule has 5 heteroatoms. The number of thiophene rings is 1. The molecule has 3 rings (SSSR count). The number of nitrogens with zero attached hydrogens (tertiary/aromatic N) is 1. The summed E-state index contributed by atoms with van der Waals surface area (Å²) in [5.41, 5.74) is 0.951. The van der Waals surface area contributed by atoms with Gasteiger partial charge in [-0.05, 0) is 61.6 Å². The van der Waals surface area contributed by atoms with Crippen molar-refractivity contribution >= 4 is 46.0 Å². The van der Waals surface area contributed by atoms with Crippen molar-refractivity contribution < 1.29 is 0 Å². The maximum absolute atomic E-state index is 6.11. The van der Waals surface area contributed by atoms with Gasteiger partial charge in [-0.2, -0.15) is 0 Å². The average molecular weight is 379 g/mol. The summed E-state index contributed by atoms with van der Waals surface area (Å²) in [5, 5.41) is 7.05. The highest BCUT2D eigenvalue weighted by Crippen LogP contribution is 2.33. The van der Waals surface area contributed by atoms with Crippen molar-refractivity contribution in [3.63, 3.8) is 0 Å². The maximum atomic E-state index is 6.11. The molecule has 1 fully saturated rings. The summed E-state index contributed by atoms with van der Waals surface area (Å²) in [6.07, 6.45) is 6.35. The van der Waals surface area contributed by atoms with Gasteiger partial charge in [0, 0.05) is 21.6 Å². The van der Waals surface area contributed by atoms with Crippen LogP contribution in [0.5, 0.6) is 0 Å². The van der Waals surface area contributed by atoms with Gasteiger partial charge in [-0.3, -0.25) is 0 Å². The average Bonchev–Trinajstić information content (AvgIpc) is 3.10. The van der Waals surface area contributed by atoms with E-state index in [1.165, 1.54) is 37.0 Å². The summed E-state index contributed by atoms with van der Waals surface area (Å²) >= 11 is 13.7. The summed E-state index contributed by atoms with van der Waals surface area (Å²) in [6.45, 7) is 2.26. The molecule has 1 N–H and O–H groups in total. The molecule has 128 valence electrons. The quantitative estimate of drug-likeness (QED) is 0.611. The van der Waals surface area contributed by atoms with E-state index in [4.69, 9.17) is 23.8 Å². The summed E-state index contributed by atoms with van der Waals surface area (Å²) in [4.78, 5) is 3.76. The molecule has 2 aromatic rings. The van der Waals surface area contributed by atoms with Gasteiger partial charge in [0.2, 0.25) is 0 Å². The molecule has 2 nitrogen and oxygen atoms in total. The van der Waals surface area contributed by atoms with Crippen LogP contribution in [0, 0.1) is 0 Å². The number of hydrogen-bond donors (Lipinski definition) is 1. The van der Waals surface area contributed by atoms with Crippen molar-refractivity contribution in [3.05, 3.63) is 51.7 Å². The maximum Gasteiger partial charge on any atom is 0.174 e. The first kappa shape index (κ1) is 17.7. The van der Waals surface area contributed by atoms with E-state index in [1.807, 2.05) is 24.3 Å². The van der Waals surface area contributed by atoms with Crippen LogP contribution in [0.1, 0.15) is 49.9 Å². The number of nitrogens with one attached hydrogen (secondary N) is 1. The summed E-state index contributed by atoms with van der Waals surface area (Å²) in [6, 6.07) is 12.9. The highest BCUT2D eigenvalue weighted by molar-refractivity contribution is 7.80. The summed E-state index contributed by atoms with van der Waals surface area (Å²) < 4.78 is 0. The molecule has 0 amide bonds. The van der Waals surface area contributed by atoms with Crippen LogP contribution >= 0.6 is 35.2 Å².